The number of halogens is 1. The predicted octanol–water partition coefficient (Wildman–Crippen LogP) is 1.22. The van der Waals surface area contributed by atoms with Crippen LogP contribution >= 0.6 is 15.9 Å². The second-order valence-electron chi connectivity index (χ2n) is 2.37. The molecule has 4 heteroatoms. The minimum Gasteiger partial charge on any atom is -0.445 e. The highest BCUT2D eigenvalue weighted by atomic mass is 79.9. The fourth-order valence-electron chi connectivity index (χ4n) is 0.829. The fraction of sp³-hybridized carbons (Fsp3) is 0.833. The molecule has 1 aliphatic rings. The number of hydrogen-bond donors (Lipinski definition) is 0. The summed E-state index contributed by atoms with van der Waals surface area (Å²) >= 11 is 3.26. The molecule has 0 saturated carbocycles. The molecule has 1 atom stereocenters. The van der Waals surface area contributed by atoms with Crippen LogP contribution in [-0.2, 0) is 4.74 Å². The fourth-order valence-corrected chi connectivity index (χ4v) is 1.28. The van der Waals surface area contributed by atoms with Crippen LogP contribution in [0.2, 0.25) is 0 Å². The minimum absolute atomic E-state index is 0.0729. The highest BCUT2D eigenvalue weighted by molar-refractivity contribution is 9.09. The van der Waals surface area contributed by atoms with E-state index < -0.39 is 0 Å². The first-order valence-electron chi connectivity index (χ1n) is 3.21. The van der Waals surface area contributed by atoms with Gasteiger partial charge in [-0.2, -0.15) is 0 Å². The van der Waals surface area contributed by atoms with Crippen LogP contribution in [0.1, 0.15) is 6.42 Å². The van der Waals surface area contributed by atoms with Gasteiger partial charge in [-0.05, 0) is 0 Å². The molecule has 58 valence electrons. The van der Waals surface area contributed by atoms with E-state index in [9.17, 15) is 4.79 Å². The van der Waals surface area contributed by atoms with Crippen LogP contribution in [0.5, 0.6) is 0 Å². The molecule has 1 heterocycles. The Balaban J connectivity index is 2.41. The van der Waals surface area contributed by atoms with Crippen molar-refractivity contribution in [3.05, 3.63) is 0 Å². The molecule has 0 bridgehead atoms. The number of carbonyl (C=O) groups is 1. The Kier molecular flexibility index (Phi) is 2.54. The summed E-state index contributed by atoms with van der Waals surface area (Å²) < 4.78 is 4.99. The lowest BCUT2D eigenvalue weighted by molar-refractivity contribution is 0.0444. The maximum absolute atomic E-state index is 10.8. The maximum atomic E-state index is 10.8. The third-order valence-electron chi connectivity index (χ3n) is 1.54. The van der Waals surface area contributed by atoms with Crippen molar-refractivity contribution in [2.24, 2.45) is 0 Å². The lowest BCUT2D eigenvalue weighted by atomic mass is 10.2. The lowest BCUT2D eigenvalue weighted by Crippen LogP contribution is -2.39. The standard InChI is InChI=1S/C6H10BrNO2/c1-8-3-2-5(4-7)10-6(8)9/h5H,2-4H2,1H3. The molecule has 1 saturated heterocycles. The summed E-state index contributed by atoms with van der Waals surface area (Å²) in [5, 5.41) is 0.743. The largest absolute Gasteiger partial charge is 0.445 e. The number of nitrogens with zero attached hydrogens (tertiary/aromatic N) is 1. The number of rotatable bonds is 1. The molecule has 10 heavy (non-hydrogen) atoms. The zero-order valence-electron chi connectivity index (χ0n) is 5.84. The van der Waals surface area contributed by atoms with Crippen LogP contribution in [0, 0.1) is 0 Å². The van der Waals surface area contributed by atoms with Crippen molar-refractivity contribution in [1.82, 2.24) is 4.90 Å². The molecule has 0 aromatic heterocycles. The van der Waals surface area contributed by atoms with E-state index in [1.54, 1.807) is 11.9 Å². The summed E-state index contributed by atoms with van der Waals surface area (Å²) in [6, 6.07) is 0. The Labute approximate surface area is 68.5 Å². The van der Waals surface area contributed by atoms with Crippen molar-refractivity contribution < 1.29 is 9.53 Å². The van der Waals surface area contributed by atoms with Crippen LogP contribution in [0.25, 0.3) is 0 Å². The van der Waals surface area contributed by atoms with Gasteiger partial charge in [0, 0.05) is 25.3 Å². The van der Waals surface area contributed by atoms with Gasteiger partial charge >= 0.3 is 6.09 Å². The molecule has 0 aromatic carbocycles. The van der Waals surface area contributed by atoms with Gasteiger partial charge in [-0.3, -0.25) is 0 Å². The van der Waals surface area contributed by atoms with Gasteiger partial charge in [0.2, 0.25) is 0 Å². The molecule has 1 amide bonds. The summed E-state index contributed by atoms with van der Waals surface area (Å²) in [6.07, 6.45) is 0.785. The van der Waals surface area contributed by atoms with Gasteiger partial charge in [0.05, 0.1) is 0 Å². The van der Waals surface area contributed by atoms with Gasteiger partial charge in [-0.1, -0.05) is 15.9 Å². The minimum atomic E-state index is -0.212. The molecule has 0 radical (unpaired) electrons. The molecule has 0 N–H and O–H groups in total. The number of alkyl halides is 1. The summed E-state index contributed by atoms with van der Waals surface area (Å²) in [7, 11) is 1.74. The van der Waals surface area contributed by atoms with Crippen molar-refractivity contribution in [2.45, 2.75) is 12.5 Å². The Bertz CT molecular complexity index is 140. The topological polar surface area (TPSA) is 29.5 Å². The Hall–Kier alpha value is -0.250. The maximum Gasteiger partial charge on any atom is 0.409 e. The van der Waals surface area contributed by atoms with Crippen molar-refractivity contribution in [1.29, 1.82) is 0 Å². The third-order valence-corrected chi connectivity index (χ3v) is 2.26. The highest BCUT2D eigenvalue weighted by Gasteiger charge is 2.22. The summed E-state index contributed by atoms with van der Waals surface area (Å²) in [6.45, 7) is 0.801. The smallest absolute Gasteiger partial charge is 0.409 e. The molecule has 1 aliphatic heterocycles. The zero-order valence-corrected chi connectivity index (χ0v) is 7.43. The normalized spacial score (nSPS) is 26.4. The number of hydrogen-bond acceptors (Lipinski definition) is 2. The Morgan fingerprint density at radius 1 is 1.90 bits per heavy atom. The van der Waals surface area contributed by atoms with Gasteiger partial charge in [0.15, 0.2) is 0 Å². The average Bonchev–Trinajstić information content (AvgIpc) is 1.95. The Morgan fingerprint density at radius 3 is 3.10 bits per heavy atom. The van der Waals surface area contributed by atoms with Gasteiger partial charge in [0.25, 0.3) is 0 Å². The third kappa shape index (κ3) is 1.62. The van der Waals surface area contributed by atoms with Crippen molar-refractivity contribution >= 4 is 22.0 Å². The van der Waals surface area contributed by atoms with E-state index in [1.165, 1.54) is 0 Å². The Morgan fingerprint density at radius 2 is 2.60 bits per heavy atom. The first-order valence-corrected chi connectivity index (χ1v) is 4.34. The van der Waals surface area contributed by atoms with Crippen molar-refractivity contribution in [3.63, 3.8) is 0 Å². The van der Waals surface area contributed by atoms with Crippen LogP contribution in [0.3, 0.4) is 0 Å². The number of carbonyl (C=O) groups excluding carboxylic acids is 1. The van der Waals surface area contributed by atoms with Crippen LogP contribution in [0.4, 0.5) is 4.79 Å². The van der Waals surface area contributed by atoms with E-state index in [0.29, 0.717) is 0 Å². The van der Waals surface area contributed by atoms with Crippen LogP contribution in [0.15, 0.2) is 0 Å². The first-order chi connectivity index (χ1) is 4.74. The van der Waals surface area contributed by atoms with E-state index >= 15 is 0 Å². The average molecular weight is 208 g/mol. The van der Waals surface area contributed by atoms with E-state index in [-0.39, 0.29) is 12.2 Å². The molecule has 0 aliphatic carbocycles. The van der Waals surface area contributed by atoms with Gasteiger partial charge in [-0.15, -0.1) is 0 Å². The SMILES string of the molecule is CN1CCC(CBr)OC1=O. The van der Waals surface area contributed by atoms with E-state index in [2.05, 4.69) is 15.9 Å². The lowest BCUT2D eigenvalue weighted by Gasteiger charge is -2.27. The van der Waals surface area contributed by atoms with Crippen molar-refractivity contribution in [3.8, 4) is 0 Å². The summed E-state index contributed by atoms with van der Waals surface area (Å²) in [5.74, 6) is 0. The molecule has 0 aromatic rings. The van der Waals surface area contributed by atoms with Gasteiger partial charge < -0.3 is 9.64 Å². The highest BCUT2D eigenvalue weighted by Crippen LogP contribution is 2.11. The quantitative estimate of drug-likeness (QED) is 0.606. The molecule has 1 fully saturated rings. The van der Waals surface area contributed by atoms with Gasteiger partial charge in [0.1, 0.15) is 6.10 Å². The number of ether oxygens (including phenoxy) is 1. The van der Waals surface area contributed by atoms with Crippen LogP contribution < -0.4 is 0 Å². The molecular weight excluding hydrogens is 198 g/mol. The molecule has 3 nitrogen and oxygen atoms in total. The van der Waals surface area contributed by atoms with Crippen LogP contribution in [-0.4, -0.2) is 36.0 Å². The predicted molar refractivity (Wildman–Crippen MR) is 41.3 cm³/mol. The molecule has 1 rings (SSSR count). The number of cyclic esters (lactones) is 1. The summed E-state index contributed by atoms with van der Waals surface area (Å²) in [5.41, 5.74) is 0. The van der Waals surface area contributed by atoms with E-state index in [1.807, 2.05) is 0 Å². The molecule has 1 unspecified atom stereocenters. The van der Waals surface area contributed by atoms with Gasteiger partial charge in [-0.25, -0.2) is 4.79 Å². The second-order valence-corrected chi connectivity index (χ2v) is 3.02. The zero-order chi connectivity index (χ0) is 7.56. The second kappa shape index (κ2) is 3.23. The summed E-state index contributed by atoms with van der Waals surface area (Å²) in [4.78, 5) is 12.4. The molecular formula is C6H10BrNO2. The number of amides is 1. The first kappa shape index (κ1) is 7.85. The van der Waals surface area contributed by atoms with E-state index in [4.69, 9.17) is 4.74 Å². The monoisotopic (exact) mass is 207 g/mol. The molecule has 0 spiro atoms. The van der Waals surface area contributed by atoms with Crippen molar-refractivity contribution in [2.75, 3.05) is 18.9 Å². The van der Waals surface area contributed by atoms with E-state index in [0.717, 1.165) is 18.3 Å².